The van der Waals surface area contributed by atoms with Gasteiger partial charge in [0.05, 0.1) is 13.2 Å². The van der Waals surface area contributed by atoms with E-state index in [0.29, 0.717) is 30.7 Å². The Morgan fingerprint density at radius 3 is 1.92 bits per heavy atom. The van der Waals surface area contributed by atoms with Gasteiger partial charge in [0.15, 0.2) is 11.5 Å². The summed E-state index contributed by atoms with van der Waals surface area (Å²) in [5.74, 6) is -2.98. The van der Waals surface area contributed by atoms with E-state index in [9.17, 15) is 24.3 Å². The Morgan fingerprint density at radius 2 is 1.42 bits per heavy atom. The predicted octanol–water partition coefficient (Wildman–Crippen LogP) is 5.06. The molecule has 0 saturated heterocycles. The van der Waals surface area contributed by atoms with E-state index >= 15 is 0 Å². The molecular formula is C28H43NO9. The van der Waals surface area contributed by atoms with Crippen molar-refractivity contribution in [1.29, 1.82) is 0 Å². The van der Waals surface area contributed by atoms with Crippen LogP contribution in [0.15, 0.2) is 18.2 Å². The Labute approximate surface area is 225 Å². The number of nitrogens with two attached hydrogens (primary N) is 1. The third kappa shape index (κ3) is 11.9. The number of carboxylic acid groups (broad SMARTS) is 1. The summed E-state index contributed by atoms with van der Waals surface area (Å²) in [6.07, 6.45) is 1.36. The van der Waals surface area contributed by atoms with Crippen molar-refractivity contribution >= 4 is 24.1 Å². The van der Waals surface area contributed by atoms with Crippen molar-refractivity contribution in [2.24, 2.45) is 23.5 Å². The van der Waals surface area contributed by atoms with Crippen LogP contribution in [-0.2, 0) is 23.9 Å². The minimum Gasteiger partial charge on any atom is -0.480 e. The van der Waals surface area contributed by atoms with Gasteiger partial charge < -0.3 is 29.8 Å². The highest BCUT2D eigenvalue weighted by Gasteiger charge is 2.33. The van der Waals surface area contributed by atoms with Gasteiger partial charge in [-0.15, -0.1) is 0 Å². The molecule has 0 aromatic heterocycles. The van der Waals surface area contributed by atoms with E-state index in [-0.39, 0.29) is 43.5 Å². The highest BCUT2D eigenvalue weighted by atomic mass is 16.7. The van der Waals surface area contributed by atoms with Gasteiger partial charge >= 0.3 is 24.1 Å². The van der Waals surface area contributed by atoms with Crippen molar-refractivity contribution in [3.8, 4) is 11.5 Å². The van der Waals surface area contributed by atoms with Crippen LogP contribution in [0.4, 0.5) is 4.79 Å². The normalized spacial score (nSPS) is 13.5. The lowest BCUT2D eigenvalue weighted by Gasteiger charge is -2.28. The van der Waals surface area contributed by atoms with Crippen molar-refractivity contribution in [3.63, 3.8) is 0 Å². The van der Waals surface area contributed by atoms with Gasteiger partial charge in [0.25, 0.3) is 0 Å². The van der Waals surface area contributed by atoms with E-state index in [1.165, 1.54) is 12.1 Å². The van der Waals surface area contributed by atoms with Crippen molar-refractivity contribution in [2.45, 2.75) is 85.6 Å². The molecule has 10 nitrogen and oxygen atoms in total. The van der Waals surface area contributed by atoms with Crippen molar-refractivity contribution in [3.05, 3.63) is 23.8 Å². The summed E-state index contributed by atoms with van der Waals surface area (Å²) >= 11 is 0. The number of hydrogen-bond acceptors (Lipinski definition) is 9. The molecule has 0 amide bonds. The molecule has 0 saturated carbocycles. The largest absolute Gasteiger partial charge is 0.508 e. The summed E-state index contributed by atoms with van der Waals surface area (Å²) in [6.45, 7) is 11.5. The zero-order valence-electron chi connectivity index (χ0n) is 23.4. The highest BCUT2D eigenvalue weighted by molar-refractivity contribution is 5.77. The number of benzene rings is 1. The molecule has 10 heteroatoms. The van der Waals surface area contributed by atoms with Crippen LogP contribution in [0.3, 0.4) is 0 Å². The van der Waals surface area contributed by atoms with Gasteiger partial charge in [0.1, 0.15) is 6.04 Å². The Morgan fingerprint density at radius 1 is 0.868 bits per heavy atom. The maximum Gasteiger partial charge on any atom is 0.508 e. The number of ether oxygens (including phenoxy) is 4. The topological polar surface area (TPSA) is 151 Å². The Balaban J connectivity index is 3.29. The fourth-order valence-corrected chi connectivity index (χ4v) is 3.63. The minimum absolute atomic E-state index is 0.00721. The number of hydrogen-bond donors (Lipinski definition) is 2. The van der Waals surface area contributed by atoms with Crippen LogP contribution in [0.25, 0.3) is 0 Å². The maximum absolute atomic E-state index is 12.5. The van der Waals surface area contributed by atoms with Crippen molar-refractivity contribution in [1.82, 2.24) is 0 Å². The van der Waals surface area contributed by atoms with Gasteiger partial charge in [0, 0.05) is 18.8 Å². The van der Waals surface area contributed by atoms with Gasteiger partial charge in [-0.05, 0) is 54.7 Å². The fraction of sp³-hybridized carbons (Fsp3) is 0.643. The molecule has 3 atom stereocenters. The average molecular weight is 538 g/mol. The molecule has 1 rings (SSSR count). The first-order valence-electron chi connectivity index (χ1n) is 13.2. The van der Waals surface area contributed by atoms with Gasteiger partial charge in [0.2, 0.25) is 0 Å². The third-order valence-electron chi connectivity index (χ3n) is 5.83. The molecule has 0 fully saturated rings. The standard InChI is InChI=1S/C28H43NO9/c1-7-14-35-28(34)36-16-19(6)25(26(29)27(32)33)20-10-11-21(37-23(30)12-8-17(2)3)22(15-20)38-24(31)13-9-18(4)5/h10-11,15,17-19,25-26H,7-9,12-14,16,29H2,1-6H3,(H,32,33)/t19?,25?,26-/m0/s1. The predicted molar refractivity (Wildman–Crippen MR) is 141 cm³/mol. The molecule has 1 aromatic carbocycles. The van der Waals surface area contributed by atoms with Gasteiger partial charge in [-0.25, -0.2) is 4.79 Å². The average Bonchev–Trinajstić information content (AvgIpc) is 2.85. The van der Waals surface area contributed by atoms with Crippen LogP contribution in [0, 0.1) is 17.8 Å². The van der Waals surface area contributed by atoms with E-state index in [2.05, 4.69) is 0 Å². The monoisotopic (exact) mass is 537 g/mol. The molecule has 0 aliphatic heterocycles. The molecule has 0 bridgehead atoms. The summed E-state index contributed by atoms with van der Waals surface area (Å²) < 4.78 is 21.1. The number of carbonyl (C=O) groups excluding carboxylic acids is 3. The second kappa shape index (κ2) is 16.7. The SMILES string of the molecule is CCCOC(=O)OCC(C)C(c1ccc(OC(=O)CCC(C)C)c(OC(=O)CCC(C)C)c1)[C@H](N)C(=O)O. The first-order chi connectivity index (χ1) is 17.8. The van der Waals surface area contributed by atoms with Crippen LogP contribution in [0.5, 0.6) is 11.5 Å². The quantitative estimate of drug-likeness (QED) is 0.216. The van der Waals surface area contributed by atoms with E-state index in [4.69, 9.17) is 24.7 Å². The van der Waals surface area contributed by atoms with Crippen molar-refractivity contribution in [2.75, 3.05) is 13.2 Å². The van der Waals surface area contributed by atoms with Gasteiger partial charge in [-0.1, -0.05) is 47.6 Å². The summed E-state index contributed by atoms with van der Waals surface area (Å²) in [7, 11) is 0. The molecular weight excluding hydrogens is 494 g/mol. The molecule has 0 heterocycles. The second-order valence-electron chi connectivity index (χ2n) is 10.3. The number of esters is 2. The lowest BCUT2D eigenvalue weighted by atomic mass is 9.82. The molecule has 0 aliphatic carbocycles. The Bertz CT molecular complexity index is 929. The molecule has 0 aliphatic rings. The number of rotatable bonds is 16. The Hall–Kier alpha value is -3.14. The molecule has 2 unspecified atom stereocenters. The summed E-state index contributed by atoms with van der Waals surface area (Å²) in [5, 5.41) is 9.66. The number of carboxylic acids is 1. The summed E-state index contributed by atoms with van der Waals surface area (Å²) in [6, 6.07) is 3.12. The zero-order chi connectivity index (χ0) is 28.8. The van der Waals surface area contributed by atoms with Gasteiger partial charge in [-0.3, -0.25) is 14.4 Å². The van der Waals surface area contributed by atoms with Crippen LogP contribution in [0.2, 0.25) is 0 Å². The van der Waals surface area contributed by atoms with Crippen LogP contribution >= 0.6 is 0 Å². The smallest absolute Gasteiger partial charge is 0.480 e. The zero-order valence-corrected chi connectivity index (χ0v) is 23.4. The first-order valence-corrected chi connectivity index (χ1v) is 13.2. The van der Waals surface area contributed by atoms with E-state index in [0.717, 1.165) is 0 Å². The maximum atomic E-state index is 12.5. The molecule has 214 valence electrons. The third-order valence-corrected chi connectivity index (χ3v) is 5.83. The van der Waals surface area contributed by atoms with Crippen LogP contribution < -0.4 is 15.2 Å². The van der Waals surface area contributed by atoms with Crippen LogP contribution in [0.1, 0.15) is 85.1 Å². The molecule has 0 radical (unpaired) electrons. The number of aliphatic carboxylic acids is 1. The lowest BCUT2D eigenvalue weighted by molar-refractivity contribution is -0.139. The first kappa shape index (κ1) is 32.9. The second-order valence-corrected chi connectivity index (χ2v) is 10.3. The van der Waals surface area contributed by atoms with E-state index in [1.54, 1.807) is 13.0 Å². The molecule has 1 aromatic rings. The van der Waals surface area contributed by atoms with Gasteiger partial charge in [-0.2, -0.15) is 0 Å². The Kier molecular flexibility index (Phi) is 14.4. The number of carbonyl (C=O) groups is 4. The lowest BCUT2D eigenvalue weighted by Crippen LogP contribution is -2.40. The summed E-state index contributed by atoms with van der Waals surface area (Å²) in [4.78, 5) is 48.6. The molecule has 3 N–H and O–H groups in total. The minimum atomic E-state index is -1.36. The molecule has 0 spiro atoms. The summed E-state index contributed by atoms with van der Waals surface area (Å²) in [5.41, 5.74) is 6.46. The van der Waals surface area contributed by atoms with Crippen LogP contribution in [-0.4, -0.2) is 48.4 Å². The van der Waals surface area contributed by atoms with E-state index < -0.39 is 41.9 Å². The molecule has 38 heavy (non-hydrogen) atoms. The van der Waals surface area contributed by atoms with Crippen molar-refractivity contribution < 1.29 is 43.2 Å². The fourth-order valence-electron chi connectivity index (χ4n) is 3.63. The highest BCUT2D eigenvalue weighted by Crippen LogP contribution is 2.36. The van der Waals surface area contributed by atoms with E-state index in [1.807, 2.05) is 34.6 Å².